The van der Waals surface area contributed by atoms with Crippen LogP contribution in [0.4, 0.5) is 5.69 Å². The molecule has 0 saturated heterocycles. The molecule has 0 aromatic heterocycles. The summed E-state index contributed by atoms with van der Waals surface area (Å²) < 4.78 is 0. The average Bonchev–Trinajstić information content (AvgIpc) is 2.56. The molecule has 1 aliphatic heterocycles. The highest BCUT2D eigenvalue weighted by molar-refractivity contribution is 6.31. The summed E-state index contributed by atoms with van der Waals surface area (Å²) in [6.07, 6.45) is 1.62. The van der Waals surface area contributed by atoms with Crippen LogP contribution in [0.25, 0.3) is 0 Å². The van der Waals surface area contributed by atoms with Crippen LogP contribution >= 0.6 is 11.6 Å². The molecule has 1 aromatic carbocycles. The van der Waals surface area contributed by atoms with Gasteiger partial charge in [0, 0.05) is 23.7 Å². The van der Waals surface area contributed by atoms with Gasteiger partial charge < -0.3 is 4.90 Å². The van der Waals surface area contributed by atoms with E-state index in [1.54, 1.807) is 11.0 Å². The Bertz CT molecular complexity index is 465. The van der Waals surface area contributed by atoms with Crippen molar-refractivity contribution in [2.45, 2.75) is 19.3 Å². The molecule has 0 atom stereocenters. The van der Waals surface area contributed by atoms with Crippen molar-refractivity contribution < 1.29 is 4.79 Å². The van der Waals surface area contributed by atoms with Gasteiger partial charge in [-0.15, -0.1) is 0 Å². The smallest absolute Gasteiger partial charge is 0.231 e. The van der Waals surface area contributed by atoms with Gasteiger partial charge >= 0.3 is 0 Å². The SMILES string of the molecule is N#CCCCN1C(=O)Cc2ccc(Cl)cc21. The van der Waals surface area contributed by atoms with Crippen molar-refractivity contribution in [3.8, 4) is 6.07 Å². The maximum Gasteiger partial charge on any atom is 0.231 e. The number of fused-ring (bicyclic) bond motifs is 1. The highest BCUT2D eigenvalue weighted by Crippen LogP contribution is 2.31. The molecule has 0 unspecified atom stereocenters. The lowest BCUT2D eigenvalue weighted by molar-refractivity contribution is -0.117. The first kappa shape index (κ1) is 11.0. The summed E-state index contributed by atoms with van der Waals surface area (Å²) in [5, 5.41) is 9.11. The number of unbranched alkanes of at least 4 members (excludes halogenated alkanes) is 1. The minimum Gasteiger partial charge on any atom is -0.312 e. The van der Waals surface area contributed by atoms with E-state index < -0.39 is 0 Å². The number of anilines is 1. The third-order valence-corrected chi connectivity index (χ3v) is 2.89. The van der Waals surface area contributed by atoms with Crippen LogP contribution in [0.5, 0.6) is 0 Å². The molecule has 0 spiro atoms. The number of nitrogens with zero attached hydrogens (tertiary/aromatic N) is 2. The Morgan fingerprint density at radius 2 is 2.31 bits per heavy atom. The maximum atomic E-state index is 11.7. The number of hydrogen-bond donors (Lipinski definition) is 0. The van der Waals surface area contributed by atoms with Gasteiger partial charge in [-0.3, -0.25) is 4.79 Å². The second-order valence-corrected chi connectivity index (χ2v) is 4.19. The van der Waals surface area contributed by atoms with E-state index in [1.807, 2.05) is 12.1 Å². The number of amides is 1. The normalized spacial score (nSPS) is 13.8. The largest absolute Gasteiger partial charge is 0.312 e. The molecule has 1 aromatic rings. The first-order valence-electron chi connectivity index (χ1n) is 5.18. The number of benzene rings is 1. The lowest BCUT2D eigenvalue weighted by Crippen LogP contribution is -2.27. The lowest BCUT2D eigenvalue weighted by atomic mass is 10.2. The standard InChI is InChI=1S/C12H11ClN2O/c13-10-4-3-9-7-12(16)15(11(9)8-10)6-2-1-5-14/h3-4,8H,1-2,6-7H2. The summed E-state index contributed by atoms with van der Waals surface area (Å²) in [5.41, 5.74) is 1.92. The predicted molar refractivity (Wildman–Crippen MR) is 62.4 cm³/mol. The molecule has 0 radical (unpaired) electrons. The third-order valence-electron chi connectivity index (χ3n) is 2.65. The highest BCUT2D eigenvalue weighted by Gasteiger charge is 2.26. The molecule has 0 aliphatic carbocycles. The molecule has 1 aliphatic rings. The second-order valence-electron chi connectivity index (χ2n) is 3.76. The molecule has 0 N–H and O–H groups in total. The second kappa shape index (κ2) is 4.54. The van der Waals surface area contributed by atoms with Crippen molar-refractivity contribution in [2.75, 3.05) is 11.4 Å². The summed E-state index contributed by atoms with van der Waals surface area (Å²) in [6.45, 7) is 0.597. The number of rotatable bonds is 3. The fourth-order valence-electron chi connectivity index (χ4n) is 1.89. The van der Waals surface area contributed by atoms with Crippen LogP contribution in [0.15, 0.2) is 18.2 Å². The monoisotopic (exact) mass is 234 g/mol. The Morgan fingerprint density at radius 1 is 1.50 bits per heavy atom. The Kier molecular flexibility index (Phi) is 3.12. The predicted octanol–water partition coefficient (Wildman–Crippen LogP) is 2.53. The zero-order chi connectivity index (χ0) is 11.5. The van der Waals surface area contributed by atoms with Crippen molar-refractivity contribution in [1.82, 2.24) is 0 Å². The first-order chi connectivity index (χ1) is 7.72. The summed E-state index contributed by atoms with van der Waals surface area (Å²) in [4.78, 5) is 13.5. The Labute approximate surface area is 99.2 Å². The summed E-state index contributed by atoms with van der Waals surface area (Å²) in [6, 6.07) is 7.58. The number of carbonyl (C=O) groups is 1. The molecule has 2 rings (SSSR count). The van der Waals surface area contributed by atoms with Gasteiger partial charge in [-0.05, 0) is 24.1 Å². The van der Waals surface area contributed by atoms with E-state index in [2.05, 4.69) is 6.07 Å². The first-order valence-corrected chi connectivity index (χ1v) is 5.56. The van der Waals surface area contributed by atoms with Gasteiger partial charge in [0.25, 0.3) is 0 Å². The van der Waals surface area contributed by atoms with E-state index in [4.69, 9.17) is 16.9 Å². The molecule has 4 heteroatoms. The van der Waals surface area contributed by atoms with Crippen LogP contribution in [0.2, 0.25) is 5.02 Å². The average molecular weight is 235 g/mol. The van der Waals surface area contributed by atoms with Crippen LogP contribution in [-0.4, -0.2) is 12.5 Å². The molecular formula is C12H11ClN2O. The minimum absolute atomic E-state index is 0.0928. The van der Waals surface area contributed by atoms with Crippen molar-refractivity contribution >= 4 is 23.2 Å². The highest BCUT2D eigenvalue weighted by atomic mass is 35.5. The molecule has 0 bridgehead atoms. The molecule has 3 nitrogen and oxygen atoms in total. The number of halogens is 1. The van der Waals surface area contributed by atoms with Gasteiger partial charge in [0.2, 0.25) is 5.91 Å². The van der Waals surface area contributed by atoms with E-state index in [9.17, 15) is 4.79 Å². The van der Waals surface area contributed by atoms with Gasteiger partial charge in [0.15, 0.2) is 0 Å². The topological polar surface area (TPSA) is 44.1 Å². The van der Waals surface area contributed by atoms with Gasteiger partial charge in [-0.25, -0.2) is 0 Å². The maximum absolute atomic E-state index is 11.7. The van der Waals surface area contributed by atoms with Crippen molar-refractivity contribution in [2.24, 2.45) is 0 Å². The van der Waals surface area contributed by atoms with Gasteiger partial charge in [0.05, 0.1) is 12.5 Å². The minimum atomic E-state index is 0.0928. The van der Waals surface area contributed by atoms with Gasteiger partial charge in [0.1, 0.15) is 0 Å². The van der Waals surface area contributed by atoms with E-state index in [0.29, 0.717) is 30.8 Å². The van der Waals surface area contributed by atoms with Crippen molar-refractivity contribution in [3.05, 3.63) is 28.8 Å². The Hall–Kier alpha value is -1.53. The van der Waals surface area contributed by atoms with Crippen LogP contribution in [0.3, 0.4) is 0 Å². The molecular weight excluding hydrogens is 224 g/mol. The molecule has 1 amide bonds. The fraction of sp³-hybridized carbons (Fsp3) is 0.333. The Balaban J connectivity index is 2.18. The molecule has 0 fully saturated rings. The summed E-state index contributed by atoms with van der Waals surface area (Å²) in [7, 11) is 0. The molecule has 16 heavy (non-hydrogen) atoms. The summed E-state index contributed by atoms with van der Waals surface area (Å²) in [5.74, 6) is 0.0928. The van der Waals surface area contributed by atoms with Crippen LogP contribution in [-0.2, 0) is 11.2 Å². The number of nitriles is 1. The van der Waals surface area contributed by atoms with Crippen LogP contribution in [0.1, 0.15) is 18.4 Å². The zero-order valence-corrected chi connectivity index (χ0v) is 9.50. The fourth-order valence-corrected chi connectivity index (χ4v) is 2.06. The third kappa shape index (κ3) is 2.02. The molecule has 1 heterocycles. The number of hydrogen-bond acceptors (Lipinski definition) is 2. The van der Waals surface area contributed by atoms with Gasteiger partial charge in [-0.1, -0.05) is 17.7 Å². The van der Waals surface area contributed by atoms with E-state index in [0.717, 1.165) is 11.3 Å². The molecule has 0 saturated carbocycles. The van der Waals surface area contributed by atoms with Crippen LogP contribution < -0.4 is 4.90 Å². The number of carbonyl (C=O) groups excluding carboxylic acids is 1. The van der Waals surface area contributed by atoms with E-state index >= 15 is 0 Å². The van der Waals surface area contributed by atoms with Gasteiger partial charge in [-0.2, -0.15) is 5.26 Å². The van der Waals surface area contributed by atoms with E-state index in [-0.39, 0.29) is 5.91 Å². The van der Waals surface area contributed by atoms with Crippen molar-refractivity contribution in [3.63, 3.8) is 0 Å². The quantitative estimate of drug-likeness (QED) is 0.755. The van der Waals surface area contributed by atoms with E-state index in [1.165, 1.54) is 0 Å². The summed E-state index contributed by atoms with van der Waals surface area (Å²) >= 11 is 5.91. The van der Waals surface area contributed by atoms with Crippen molar-refractivity contribution in [1.29, 1.82) is 5.26 Å². The Morgan fingerprint density at radius 3 is 3.06 bits per heavy atom. The van der Waals surface area contributed by atoms with Crippen LogP contribution in [0, 0.1) is 11.3 Å². The zero-order valence-electron chi connectivity index (χ0n) is 8.74. The molecule has 82 valence electrons. The lowest BCUT2D eigenvalue weighted by Gasteiger charge is -2.16.